The Balaban J connectivity index is 2.26. The molecule has 1 aliphatic rings. The van der Waals surface area contributed by atoms with Crippen molar-refractivity contribution < 1.29 is 9.13 Å². The van der Waals surface area contributed by atoms with E-state index in [0.29, 0.717) is 13.2 Å². The summed E-state index contributed by atoms with van der Waals surface area (Å²) in [4.78, 5) is 2.11. The maximum absolute atomic E-state index is 13.3. The van der Waals surface area contributed by atoms with E-state index >= 15 is 0 Å². The zero-order valence-electron chi connectivity index (χ0n) is 11.0. The molecular formula is C14H21FN2O. The summed E-state index contributed by atoms with van der Waals surface area (Å²) in [6.45, 7) is 3.31. The monoisotopic (exact) mass is 252 g/mol. The van der Waals surface area contributed by atoms with Crippen molar-refractivity contribution in [2.45, 2.75) is 31.4 Å². The lowest BCUT2D eigenvalue weighted by Gasteiger charge is -2.47. The molecule has 0 amide bonds. The molecule has 18 heavy (non-hydrogen) atoms. The van der Waals surface area contributed by atoms with Crippen molar-refractivity contribution in [2.24, 2.45) is 5.73 Å². The minimum Gasteiger partial charge on any atom is -0.378 e. The summed E-state index contributed by atoms with van der Waals surface area (Å²) in [7, 11) is 1.99. The van der Waals surface area contributed by atoms with Crippen LogP contribution in [0.3, 0.4) is 0 Å². The van der Waals surface area contributed by atoms with E-state index in [2.05, 4.69) is 11.8 Å². The summed E-state index contributed by atoms with van der Waals surface area (Å²) in [5.74, 6) is -0.216. The van der Waals surface area contributed by atoms with Gasteiger partial charge in [0.15, 0.2) is 0 Å². The molecule has 1 aromatic carbocycles. The quantitative estimate of drug-likeness (QED) is 0.896. The summed E-state index contributed by atoms with van der Waals surface area (Å²) in [6.07, 6.45) is 1.94. The first kappa shape index (κ1) is 13.3. The van der Waals surface area contributed by atoms with Gasteiger partial charge in [0.25, 0.3) is 0 Å². The molecule has 2 rings (SSSR count). The number of nitrogens with zero attached hydrogens (tertiary/aromatic N) is 1. The van der Waals surface area contributed by atoms with Crippen LogP contribution >= 0.6 is 0 Å². The topological polar surface area (TPSA) is 38.5 Å². The van der Waals surface area contributed by atoms with E-state index in [1.807, 2.05) is 13.1 Å². The second-order valence-corrected chi connectivity index (χ2v) is 5.10. The summed E-state index contributed by atoms with van der Waals surface area (Å²) >= 11 is 0. The van der Waals surface area contributed by atoms with E-state index in [1.54, 1.807) is 12.1 Å². The summed E-state index contributed by atoms with van der Waals surface area (Å²) in [5, 5.41) is 0. The Kier molecular flexibility index (Phi) is 3.88. The largest absolute Gasteiger partial charge is 0.378 e. The average molecular weight is 252 g/mol. The Labute approximate surface area is 108 Å². The molecule has 1 saturated heterocycles. The number of rotatable bonds is 3. The van der Waals surface area contributed by atoms with Crippen LogP contribution in [0.1, 0.15) is 19.8 Å². The van der Waals surface area contributed by atoms with Gasteiger partial charge in [0.2, 0.25) is 0 Å². The molecule has 0 aromatic heterocycles. The molecule has 1 aliphatic heterocycles. The lowest BCUT2D eigenvalue weighted by molar-refractivity contribution is -0.00639. The molecule has 1 fully saturated rings. The molecule has 1 heterocycles. The predicted octanol–water partition coefficient (Wildman–Crippen LogP) is 2.16. The van der Waals surface area contributed by atoms with Crippen LogP contribution in [0.5, 0.6) is 0 Å². The van der Waals surface area contributed by atoms with Crippen molar-refractivity contribution in [2.75, 3.05) is 25.1 Å². The SMILES string of the molecule is CC1CC(CN)(N(C)c2cccc(F)c2)CCO1. The highest BCUT2D eigenvalue weighted by Gasteiger charge is 2.38. The van der Waals surface area contributed by atoms with E-state index in [-0.39, 0.29) is 17.5 Å². The lowest BCUT2D eigenvalue weighted by Crippen LogP contribution is -2.57. The second-order valence-electron chi connectivity index (χ2n) is 5.10. The number of halogens is 1. The predicted molar refractivity (Wildman–Crippen MR) is 71.2 cm³/mol. The van der Waals surface area contributed by atoms with E-state index < -0.39 is 0 Å². The molecule has 100 valence electrons. The first-order chi connectivity index (χ1) is 8.57. The number of hydrogen-bond acceptors (Lipinski definition) is 3. The fraction of sp³-hybridized carbons (Fsp3) is 0.571. The third-order valence-corrected chi connectivity index (χ3v) is 3.92. The van der Waals surface area contributed by atoms with E-state index in [1.165, 1.54) is 6.07 Å². The lowest BCUT2D eigenvalue weighted by atomic mass is 9.85. The highest BCUT2D eigenvalue weighted by Crippen LogP contribution is 2.33. The van der Waals surface area contributed by atoms with Crippen molar-refractivity contribution in [1.82, 2.24) is 0 Å². The van der Waals surface area contributed by atoms with E-state index in [0.717, 1.165) is 18.5 Å². The van der Waals surface area contributed by atoms with Gasteiger partial charge in [0, 0.05) is 25.9 Å². The van der Waals surface area contributed by atoms with E-state index in [4.69, 9.17) is 10.5 Å². The van der Waals surface area contributed by atoms with Crippen molar-refractivity contribution in [3.63, 3.8) is 0 Å². The summed E-state index contributed by atoms with van der Waals surface area (Å²) in [6, 6.07) is 6.66. The van der Waals surface area contributed by atoms with Crippen LogP contribution in [0.2, 0.25) is 0 Å². The maximum Gasteiger partial charge on any atom is 0.125 e. The molecule has 2 atom stereocenters. The third kappa shape index (κ3) is 2.49. The molecule has 1 aromatic rings. The first-order valence-corrected chi connectivity index (χ1v) is 6.38. The standard InChI is InChI=1S/C14H21FN2O/c1-11-9-14(10-16,6-7-18-11)17(2)13-5-3-4-12(15)8-13/h3-5,8,11H,6-7,9-10,16H2,1-2H3. The van der Waals surface area contributed by atoms with Crippen molar-refractivity contribution >= 4 is 5.69 Å². The minimum atomic E-state index is -0.216. The maximum atomic E-state index is 13.3. The van der Waals surface area contributed by atoms with E-state index in [9.17, 15) is 4.39 Å². The summed E-state index contributed by atoms with van der Waals surface area (Å²) in [5.41, 5.74) is 6.72. The Hall–Kier alpha value is -1.13. The smallest absolute Gasteiger partial charge is 0.125 e. The molecular weight excluding hydrogens is 231 g/mol. The number of benzene rings is 1. The second kappa shape index (κ2) is 5.24. The number of likely N-dealkylation sites (N-methyl/N-ethyl adjacent to an activating group) is 1. The Morgan fingerprint density at radius 2 is 2.33 bits per heavy atom. The Bertz CT molecular complexity index is 413. The van der Waals surface area contributed by atoms with Gasteiger partial charge in [-0.25, -0.2) is 4.39 Å². The van der Waals surface area contributed by atoms with Crippen LogP contribution in [-0.4, -0.2) is 31.8 Å². The third-order valence-electron chi connectivity index (χ3n) is 3.92. The molecule has 4 heteroatoms. The normalized spacial score (nSPS) is 28.1. The Morgan fingerprint density at radius 1 is 1.56 bits per heavy atom. The average Bonchev–Trinajstić information content (AvgIpc) is 2.37. The van der Waals surface area contributed by atoms with Crippen molar-refractivity contribution in [3.05, 3.63) is 30.1 Å². The fourth-order valence-electron chi connectivity index (χ4n) is 2.73. The van der Waals surface area contributed by atoms with Gasteiger partial charge in [-0.2, -0.15) is 0 Å². The van der Waals surface area contributed by atoms with Crippen LogP contribution < -0.4 is 10.6 Å². The van der Waals surface area contributed by atoms with Gasteiger partial charge >= 0.3 is 0 Å². The van der Waals surface area contributed by atoms with Crippen LogP contribution in [0, 0.1) is 5.82 Å². The van der Waals surface area contributed by atoms with Crippen molar-refractivity contribution in [3.8, 4) is 0 Å². The highest BCUT2D eigenvalue weighted by atomic mass is 19.1. The molecule has 0 spiro atoms. The number of ether oxygens (including phenoxy) is 1. The minimum absolute atomic E-state index is 0.133. The number of nitrogens with two attached hydrogens (primary N) is 1. The summed E-state index contributed by atoms with van der Waals surface area (Å²) < 4.78 is 18.9. The zero-order valence-corrected chi connectivity index (χ0v) is 11.0. The van der Waals surface area contributed by atoms with Crippen LogP contribution in [0.25, 0.3) is 0 Å². The molecule has 2 N–H and O–H groups in total. The highest BCUT2D eigenvalue weighted by molar-refractivity contribution is 5.49. The zero-order chi connectivity index (χ0) is 13.2. The first-order valence-electron chi connectivity index (χ1n) is 6.38. The van der Waals surface area contributed by atoms with Gasteiger partial charge < -0.3 is 15.4 Å². The van der Waals surface area contributed by atoms with Gasteiger partial charge in [-0.05, 0) is 38.0 Å². The molecule has 0 radical (unpaired) electrons. The van der Waals surface area contributed by atoms with Gasteiger partial charge in [0.1, 0.15) is 5.82 Å². The molecule has 0 saturated carbocycles. The van der Waals surface area contributed by atoms with Crippen LogP contribution in [-0.2, 0) is 4.74 Å². The van der Waals surface area contributed by atoms with Crippen LogP contribution in [0.15, 0.2) is 24.3 Å². The molecule has 3 nitrogen and oxygen atoms in total. The number of hydrogen-bond donors (Lipinski definition) is 1. The van der Waals surface area contributed by atoms with Gasteiger partial charge in [-0.15, -0.1) is 0 Å². The molecule has 2 unspecified atom stereocenters. The molecule has 0 aliphatic carbocycles. The fourth-order valence-corrected chi connectivity index (χ4v) is 2.73. The number of anilines is 1. The van der Waals surface area contributed by atoms with Gasteiger partial charge in [-0.1, -0.05) is 6.07 Å². The van der Waals surface area contributed by atoms with Crippen LogP contribution in [0.4, 0.5) is 10.1 Å². The Morgan fingerprint density at radius 3 is 2.94 bits per heavy atom. The molecule has 0 bridgehead atoms. The van der Waals surface area contributed by atoms with Crippen molar-refractivity contribution in [1.29, 1.82) is 0 Å². The van der Waals surface area contributed by atoms with Gasteiger partial charge in [-0.3, -0.25) is 0 Å². The van der Waals surface area contributed by atoms with Gasteiger partial charge in [0.05, 0.1) is 11.6 Å².